The quantitative estimate of drug-likeness (QED) is 0.125. The van der Waals surface area contributed by atoms with Gasteiger partial charge in [0.15, 0.2) is 0 Å². The lowest BCUT2D eigenvalue weighted by atomic mass is 10.0. The van der Waals surface area contributed by atoms with E-state index in [2.05, 4.69) is 331 Å². The molecule has 0 saturated carbocycles. The fourth-order valence-corrected chi connectivity index (χ4v) is 16.2. The van der Waals surface area contributed by atoms with Gasteiger partial charge >= 0.3 is 0 Å². The van der Waals surface area contributed by atoms with Crippen LogP contribution in [0.15, 0.2) is 281 Å². The van der Waals surface area contributed by atoms with E-state index in [1.54, 1.807) is 12.1 Å². The van der Waals surface area contributed by atoms with Crippen molar-refractivity contribution in [2.24, 2.45) is 0 Å². The Morgan fingerprint density at radius 3 is 1.23 bits per heavy atom. The lowest BCUT2D eigenvalue weighted by Crippen LogP contribution is -2.02. The minimum Gasteiger partial charge on any atom is -0.508 e. The van der Waals surface area contributed by atoms with E-state index in [9.17, 15) is 5.11 Å². The van der Waals surface area contributed by atoms with Gasteiger partial charge < -0.3 is 9.84 Å². The summed E-state index contributed by atoms with van der Waals surface area (Å²) < 4.78 is 18.4. The van der Waals surface area contributed by atoms with Crippen LogP contribution in [0.3, 0.4) is 0 Å². The zero-order chi connectivity index (χ0) is 78.3. The molecule has 558 valence electrons. The number of aromatic nitrogens is 10. The number of para-hydroxylation sites is 2. The van der Waals surface area contributed by atoms with E-state index in [0.717, 1.165) is 115 Å². The molecule has 17 rings (SSSR count). The molecule has 111 heavy (non-hydrogen) atoms. The van der Waals surface area contributed by atoms with Gasteiger partial charge in [-0.2, -0.15) is 15.3 Å². The first-order chi connectivity index (χ1) is 53.5. The summed E-state index contributed by atoms with van der Waals surface area (Å²) in [4.78, 5) is 9.22. The largest absolute Gasteiger partial charge is 0.508 e. The number of hydrogen-bond acceptors (Lipinski definition) is 7. The number of aryl methyl sites for hydroxylation is 6. The van der Waals surface area contributed by atoms with Gasteiger partial charge in [0.05, 0.1) is 50.5 Å². The smallest absolute Gasteiger partial charge is 0.137 e. The van der Waals surface area contributed by atoms with Crippen LogP contribution in [0.1, 0.15) is 121 Å². The van der Waals surface area contributed by atoms with Gasteiger partial charge in [-0.25, -0.2) is 19.3 Å². The monoisotopic (exact) mass is 1650 g/mol. The number of nitrogens with one attached hydrogen (secondary N) is 1. The Hall–Kier alpha value is -11.2. The number of H-pyrrole nitrogens is 1. The normalized spacial score (nSPS) is 11.2. The first kappa shape index (κ1) is 77.9. The number of aromatic amines is 1. The Balaban J connectivity index is 0.000000134. The van der Waals surface area contributed by atoms with Crippen LogP contribution in [-0.2, 0) is 0 Å². The molecule has 15 heteroatoms. The molecule has 0 fully saturated rings. The van der Waals surface area contributed by atoms with Crippen molar-refractivity contribution >= 4 is 91.4 Å². The first-order valence-electron chi connectivity index (χ1n) is 37.5. The molecule has 0 atom stereocenters. The van der Waals surface area contributed by atoms with Gasteiger partial charge in [0, 0.05) is 99.3 Å². The number of hydrogen-bond donors (Lipinski definition) is 2. The van der Waals surface area contributed by atoms with Crippen LogP contribution < -0.4 is 4.74 Å². The predicted octanol–water partition coefficient (Wildman–Crippen LogP) is 27.1. The molecule has 0 unspecified atom stereocenters. The molecule has 0 aliphatic heterocycles. The third-order valence-corrected chi connectivity index (χ3v) is 21.3. The maximum Gasteiger partial charge on any atom is 0.137 e. The molecule has 0 bridgehead atoms. The second kappa shape index (κ2) is 34.4. The summed E-state index contributed by atoms with van der Waals surface area (Å²) in [7, 11) is 0. The zero-order valence-corrected chi connectivity index (χ0v) is 69.9. The van der Waals surface area contributed by atoms with E-state index in [-0.39, 0.29) is 5.75 Å². The molecule has 10 aromatic carbocycles. The number of pyridine rings is 2. The van der Waals surface area contributed by atoms with E-state index >= 15 is 0 Å². The Bertz CT molecular complexity index is 6110. The molecule has 0 spiro atoms. The van der Waals surface area contributed by atoms with Crippen LogP contribution in [-0.4, -0.2) is 54.0 Å². The molecule has 0 radical (unpaired) electrons. The highest BCUT2D eigenvalue weighted by Crippen LogP contribution is 2.40. The summed E-state index contributed by atoms with van der Waals surface area (Å²) in [6.07, 6.45) is 3.68. The molecule has 0 aliphatic rings. The number of fused-ring (bicyclic) bond motifs is 6. The number of rotatable bonds is 12. The van der Waals surface area contributed by atoms with E-state index in [1.165, 1.54) is 72.1 Å². The van der Waals surface area contributed by atoms with E-state index in [1.807, 2.05) is 102 Å². The average molecular weight is 1660 g/mol. The highest BCUT2D eigenvalue weighted by atomic mass is 79.9. The Labute approximate surface area is 675 Å². The highest BCUT2D eigenvalue weighted by Gasteiger charge is 2.21. The van der Waals surface area contributed by atoms with E-state index in [0.29, 0.717) is 17.8 Å². The summed E-state index contributed by atoms with van der Waals surface area (Å²) in [6, 6.07) is 87.3. The van der Waals surface area contributed by atoms with E-state index in [4.69, 9.17) is 19.9 Å². The van der Waals surface area contributed by atoms with Crippen molar-refractivity contribution in [1.82, 2.24) is 48.9 Å². The molecular weight excluding hydrogens is 1560 g/mol. The summed E-state index contributed by atoms with van der Waals surface area (Å²) in [5.41, 5.74) is 26.3. The second-order valence-corrected chi connectivity index (χ2v) is 31.8. The Kier molecular flexibility index (Phi) is 24.1. The molecule has 12 nitrogen and oxygen atoms in total. The van der Waals surface area contributed by atoms with Gasteiger partial charge in [-0.15, -0.1) is 0 Å². The summed E-state index contributed by atoms with van der Waals surface area (Å²) in [6.45, 7) is 29.9. The number of aromatic hydroxyl groups is 1. The fraction of sp³-hybridized carbons (Fsp3) is 0.177. The first-order valence-corrected chi connectivity index (χ1v) is 39.9. The van der Waals surface area contributed by atoms with Crippen LogP contribution in [0.25, 0.3) is 100 Å². The van der Waals surface area contributed by atoms with Crippen molar-refractivity contribution in [1.29, 1.82) is 0 Å². The van der Waals surface area contributed by atoms with Gasteiger partial charge in [-0.1, -0.05) is 217 Å². The van der Waals surface area contributed by atoms with Gasteiger partial charge in [0.25, 0.3) is 0 Å². The van der Waals surface area contributed by atoms with Crippen LogP contribution in [0.5, 0.6) is 17.2 Å². The number of phenols is 1. The highest BCUT2D eigenvalue weighted by molar-refractivity contribution is 9.11. The van der Waals surface area contributed by atoms with Crippen molar-refractivity contribution in [3.63, 3.8) is 0 Å². The molecule has 0 aliphatic carbocycles. The Morgan fingerprint density at radius 1 is 0.360 bits per heavy atom. The maximum absolute atomic E-state index is 9.85. The molecule has 17 aromatic rings. The van der Waals surface area contributed by atoms with Crippen LogP contribution >= 0.6 is 47.8 Å². The number of ether oxygens (including phenoxy) is 1. The number of benzene rings is 10. The average Bonchev–Trinajstić information content (AvgIpc) is 1.59. The lowest BCUT2D eigenvalue weighted by Gasteiger charge is -2.15. The third-order valence-electron chi connectivity index (χ3n) is 19.9. The van der Waals surface area contributed by atoms with Crippen LogP contribution in [0.2, 0.25) is 0 Å². The van der Waals surface area contributed by atoms with Gasteiger partial charge in [-0.3, -0.25) is 14.2 Å². The number of nitrogens with zero attached hydrogens (tertiary/aromatic N) is 9. The molecule has 7 heterocycles. The summed E-state index contributed by atoms with van der Waals surface area (Å²) >= 11 is 10.5. The minimum absolute atomic E-state index is 0.263. The zero-order valence-electron chi connectivity index (χ0n) is 65.1. The van der Waals surface area contributed by atoms with Crippen LogP contribution in [0, 0.1) is 55.4 Å². The van der Waals surface area contributed by atoms with Crippen molar-refractivity contribution in [3.8, 4) is 73.6 Å². The standard InChI is InChI=1S/C38H34N4O.C20H21BrN2.C18H14N2O.C11H12N2.C9H10Br2/c1-24(2)29-20-30(42-27(5)38(26(4)40-42)28-11-7-6-8-12-28)22-32(21-29)43-31-15-16-34-33-13-9-10-14-35(33)41(36(34)23-31)37-19-25(3)17-18-39-37;1-13(2)17-10-18(21)12-19(11-17)23-15(4)20(14(3)22-23)16-8-6-5-7-9-16;1-12-8-9-19-18(10-12)20-16-5-3-2-4-14(16)15-7-6-13(21)11-17(15)20;1-8-11(9(2)13-12-8)10-6-4-3-5-7-10;1-6(2)7-3-8(10)5-9(11)4-7/h6-24H,1-5H3;5-13H,1-4H3;2-11,21H,1H3;3-7H,1-2H3,(H,12,13);3-6H,1-2H3. The van der Waals surface area contributed by atoms with Crippen LogP contribution in [0.4, 0.5) is 0 Å². The topological polar surface area (TPSA) is 129 Å². The summed E-state index contributed by atoms with van der Waals surface area (Å²) in [5, 5.41) is 31.4. The molecule has 0 saturated heterocycles. The SMILES string of the molecule is CC(C)c1cc(Br)cc(Br)c1.Cc1ccnc(-n2c3ccccc3c3ccc(O)cc32)c1.Cc1ccnc(-n2c3ccccc3c3ccc(Oc4cc(C(C)C)cc(-n5nc(C)c(-c6ccccc6)c5C)c4)cc32)c1.Cc1n[nH]c(C)c1-c1ccccc1.Cc1nn(-c2cc(Br)cc(C(C)C)c2)c(C)c1-c1ccccc1. The van der Waals surface area contributed by atoms with Crippen molar-refractivity contribution in [2.75, 3.05) is 0 Å². The third kappa shape index (κ3) is 17.5. The van der Waals surface area contributed by atoms with Crippen molar-refractivity contribution in [3.05, 3.63) is 343 Å². The number of halogens is 3. The van der Waals surface area contributed by atoms with Crippen molar-refractivity contribution < 1.29 is 9.84 Å². The van der Waals surface area contributed by atoms with Crippen molar-refractivity contribution in [2.45, 2.75) is 115 Å². The Morgan fingerprint density at radius 2 is 0.766 bits per heavy atom. The minimum atomic E-state index is 0.263. The predicted molar refractivity (Wildman–Crippen MR) is 471 cm³/mol. The van der Waals surface area contributed by atoms with Gasteiger partial charge in [-0.05, 0) is 227 Å². The van der Waals surface area contributed by atoms with E-state index < -0.39 is 0 Å². The molecule has 2 N–H and O–H groups in total. The summed E-state index contributed by atoms with van der Waals surface area (Å²) in [5.74, 6) is 4.98. The van der Waals surface area contributed by atoms with Gasteiger partial charge in [0.1, 0.15) is 28.9 Å². The molecule has 0 amide bonds. The fourth-order valence-electron chi connectivity index (χ4n) is 14.4. The maximum atomic E-state index is 9.85. The van der Waals surface area contributed by atoms with Gasteiger partial charge in [0.2, 0.25) is 0 Å². The number of phenolic OH excluding ortho intramolecular Hbond substituents is 1. The molecule has 7 aromatic heterocycles. The molecular formula is C96H91Br3N10O2. The second-order valence-electron chi connectivity index (χ2n) is 29.1. The lowest BCUT2D eigenvalue weighted by molar-refractivity contribution is 0.476.